The Kier molecular flexibility index (Phi) is 10.0. The Labute approximate surface area is 154 Å². The number of aryl methyl sites for hydroxylation is 1. The third kappa shape index (κ3) is 6.74. The van der Waals surface area contributed by atoms with E-state index in [2.05, 4.69) is 10.3 Å². The Balaban J connectivity index is 0.00000264. The molecule has 1 heterocycles. The van der Waals surface area contributed by atoms with E-state index in [0.717, 1.165) is 11.3 Å². The second kappa shape index (κ2) is 10.9. The van der Waals surface area contributed by atoms with Crippen LogP contribution in [0.2, 0.25) is 0 Å². The molecule has 2 rings (SSSR count). The van der Waals surface area contributed by atoms with Crippen LogP contribution in [0.15, 0.2) is 42.6 Å². The molecular weight excluding hydrogens is 349 g/mol. The highest BCUT2D eigenvalue weighted by atomic mass is 35.5. The largest absolute Gasteiger partial charge is 0.487 e. The van der Waals surface area contributed by atoms with Crippen molar-refractivity contribution in [1.29, 1.82) is 0 Å². The van der Waals surface area contributed by atoms with Gasteiger partial charge in [-0.2, -0.15) is 0 Å². The summed E-state index contributed by atoms with van der Waals surface area (Å²) >= 11 is 0. The minimum absolute atomic E-state index is 0. The molecule has 0 aliphatic rings. The maximum absolute atomic E-state index is 12.1. The summed E-state index contributed by atoms with van der Waals surface area (Å²) in [6.45, 7) is 4.59. The third-order valence-electron chi connectivity index (χ3n) is 3.21. The van der Waals surface area contributed by atoms with Gasteiger partial charge in [-0.3, -0.25) is 9.78 Å². The number of nitrogens with two attached hydrogens (primary N) is 1. The van der Waals surface area contributed by atoms with E-state index in [9.17, 15) is 4.79 Å². The summed E-state index contributed by atoms with van der Waals surface area (Å²) in [5.74, 6) is 0.578. The first kappa shape index (κ1) is 22.2. The summed E-state index contributed by atoms with van der Waals surface area (Å²) in [5, 5.41) is 2.84. The van der Waals surface area contributed by atoms with Crippen LogP contribution in [0.1, 0.15) is 28.5 Å². The average Bonchev–Trinajstić information content (AvgIpc) is 2.54. The number of carbonyl (C=O) groups is 1. The summed E-state index contributed by atoms with van der Waals surface area (Å²) in [7, 11) is 0. The first-order valence-electron chi connectivity index (χ1n) is 7.24. The van der Waals surface area contributed by atoms with Gasteiger partial charge in [0.05, 0.1) is 6.20 Å². The van der Waals surface area contributed by atoms with E-state index in [1.807, 2.05) is 44.2 Å². The van der Waals surface area contributed by atoms with Crippen LogP contribution in [-0.2, 0) is 6.61 Å². The molecule has 0 aliphatic heterocycles. The van der Waals surface area contributed by atoms with Gasteiger partial charge in [-0.05, 0) is 43.7 Å². The fourth-order valence-corrected chi connectivity index (χ4v) is 1.87. The molecule has 1 amide bonds. The Morgan fingerprint density at radius 3 is 2.67 bits per heavy atom. The number of ether oxygens (including phenoxy) is 1. The number of amides is 1. The molecule has 7 heteroatoms. The second-order valence-corrected chi connectivity index (χ2v) is 5.23. The number of hydrogen-bond donors (Lipinski definition) is 2. The zero-order valence-electron chi connectivity index (χ0n) is 13.7. The Morgan fingerprint density at radius 1 is 1.29 bits per heavy atom. The molecule has 0 saturated heterocycles. The Bertz CT molecular complexity index is 636. The van der Waals surface area contributed by atoms with Gasteiger partial charge in [0, 0.05) is 23.8 Å². The zero-order valence-corrected chi connectivity index (χ0v) is 15.3. The van der Waals surface area contributed by atoms with Gasteiger partial charge in [-0.15, -0.1) is 24.8 Å². The lowest BCUT2D eigenvalue weighted by Gasteiger charge is -2.12. The summed E-state index contributed by atoms with van der Waals surface area (Å²) in [5.41, 5.74) is 7.98. The highest BCUT2D eigenvalue weighted by Gasteiger charge is 2.09. The fraction of sp³-hybridized carbons (Fsp3) is 0.294. The van der Waals surface area contributed by atoms with Crippen molar-refractivity contribution >= 4 is 30.7 Å². The molecule has 1 aromatic heterocycles. The predicted octanol–water partition coefficient (Wildman–Crippen LogP) is 2.89. The van der Waals surface area contributed by atoms with Gasteiger partial charge in [-0.25, -0.2) is 0 Å². The first-order valence-corrected chi connectivity index (χ1v) is 7.24. The van der Waals surface area contributed by atoms with Gasteiger partial charge < -0.3 is 15.8 Å². The van der Waals surface area contributed by atoms with Crippen LogP contribution in [0.3, 0.4) is 0 Å². The topological polar surface area (TPSA) is 77.2 Å². The molecule has 0 saturated carbocycles. The van der Waals surface area contributed by atoms with Gasteiger partial charge in [-0.1, -0.05) is 12.1 Å². The van der Waals surface area contributed by atoms with E-state index in [1.165, 1.54) is 0 Å². The van der Waals surface area contributed by atoms with Crippen LogP contribution in [0, 0.1) is 6.92 Å². The number of rotatable bonds is 6. The maximum Gasteiger partial charge on any atom is 0.251 e. The standard InChI is InChI=1S/C17H21N3O2.2ClH/c1-12-6-7-16(10-19-12)22-11-14-4-3-5-15(8-14)17(21)20-13(2)9-18;;/h3-8,10,13H,9,11,18H2,1-2H3,(H,20,21);2*1H/t13-;;/m0../s1. The van der Waals surface area contributed by atoms with E-state index >= 15 is 0 Å². The molecule has 0 aliphatic carbocycles. The minimum atomic E-state index is -0.128. The number of halogens is 2. The first-order chi connectivity index (χ1) is 10.6. The molecule has 0 bridgehead atoms. The van der Waals surface area contributed by atoms with Crippen LogP contribution < -0.4 is 15.8 Å². The predicted molar refractivity (Wildman–Crippen MR) is 100 cm³/mol. The minimum Gasteiger partial charge on any atom is -0.487 e. The summed E-state index contributed by atoms with van der Waals surface area (Å²) in [6, 6.07) is 11.1. The maximum atomic E-state index is 12.1. The molecule has 0 fully saturated rings. The van der Waals surface area contributed by atoms with Crippen LogP contribution in [0.5, 0.6) is 5.75 Å². The van der Waals surface area contributed by atoms with E-state index in [0.29, 0.717) is 24.5 Å². The van der Waals surface area contributed by atoms with Crippen molar-refractivity contribution in [2.24, 2.45) is 5.73 Å². The molecule has 132 valence electrons. The zero-order chi connectivity index (χ0) is 15.9. The van der Waals surface area contributed by atoms with Crippen molar-refractivity contribution in [3.63, 3.8) is 0 Å². The van der Waals surface area contributed by atoms with E-state index in [-0.39, 0.29) is 36.8 Å². The third-order valence-corrected chi connectivity index (χ3v) is 3.21. The molecule has 5 nitrogen and oxygen atoms in total. The highest BCUT2D eigenvalue weighted by molar-refractivity contribution is 5.94. The number of nitrogens with one attached hydrogen (secondary N) is 1. The SMILES string of the molecule is Cc1ccc(OCc2cccc(C(=O)N[C@@H](C)CN)c2)cn1.Cl.Cl. The van der Waals surface area contributed by atoms with Crippen molar-refractivity contribution in [2.75, 3.05) is 6.54 Å². The van der Waals surface area contributed by atoms with Crippen molar-refractivity contribution in [1.82, 2.24) is 10.3 Å². The van der Waals surface area contributed by atoms with Gasteiger partial charge in [0.25, 0.3) is 5.91 Å². The lowest BCUT2D eigenvalue weighted by Crippen LogP contribution is -2.37. The normalized spacial score (nSPS) is 10.8. The van der Waals surface area contributed by atoms with E-state index in [4.69, 9.17) is 10.5 Å². The molecule has 0 spiro atoms. The number of pyridine rings is 1. The van der Waals surface area contributed by atoms with Crippen LogP contribution >= 0.6 is 24.8 Å². The number of nitrogens with zero attached hydrogens (tertiary/aromatic N) is 1. The van der Waals surface area contributed by atoms with E-state index in [1.54, 1.807) is 12.3 Å². The van der Waals surface area contributed by atoms with E-state index < -0.39 is 0 Å². The number of carbonyl (C=O) groups excluding carboxylic acids is 1. The van der Waals surface area contributed by atoms with Gasteiger partial charge in [0.15, 0.2) is 0 Å². The monoisotopic (exact) mass is 371 g/mol. The van der Waals surface area contributed by atoms with Crippen LogP contribution in [0.25, 0.3) is 0 Å². The molecule has 2 aromatic rings. The molecule has 1 aromatic carbocycles. The average molecular weight is 372 g/mol. The quantitative estimate of drug-likeness (QED) is 0.818. The molecule has 0 unspecified atom stereocenters. The van der Waals surface area contributed by atoms with Crippen molar-refractivity contribution in [2.45, 2.75) is 26.5 Å². The van der Waals surface area contributed by atoms with Crippen molar-refractivity contribution < 1.29 is 9.53 Å². The molecular formula is C17H23Cl2N3O2. The number of benzene rings is 1. The second-order valence-electron chi connectivity index (χ2n) is 5.23. The molecule has 1 atom stereocenters. The van der Waals surface area contributed by atoms with Gasteiger partial charge in [0.2, 0.25) is 0 Å². The summed E-state index contributed by atoms with van der Waals surface area (Å²) < 4.78 is 5.67. The van der Waals surface area contributed by atoms with Crippen LogP contribution in [-0.4, -0.2) is 23.5 Å². The smallest absolute Gasteiger partial charge is 0.251 e. The Hall–Kier alpha value is -1.82. The highest BCUT2D eigenvalue weighted by Crippen LogP contribution is 2.13. The van der Waals surface area contributed by atoms with Gasteiger partial charge >= 0.3 is 0 Å². The van der Waals surface area contributed by atoms with Gasteiger partial charge in [0.1, 0.15) is 12.4 Å². The lowest BCUT2D eigenvalue weighted by molar-refractivity contribution is 0.0941. The van der Waals surface area contributed by atoms with Crippen molar-refractivity contribution in [3.8, 4) is 5.75 Å². The Morgan fingerprint density at radius 2 is 2.04 bits per heavy atom. The number of aromatic nitrogens is 1. The summed E-state index contributed by atoms with van der Waals surface area (Å²) in [6.07, 6.45) is 1.69. The number of hydrogen-bond acceptors (Lipinski definition) is 4. The molecule has 0 radical (unpaired) electrons. The summed E-state index contributed by atoms with van der Waals surface area (Å²) in [4.78, 5) is 16.2. The molecule has 24 heavy (non-hydrogen) atoms. The fourth-order valence-electron chi connectivity index (χ4n) is 1.87. The van der Waals surface area contributed by atoms with Crippen LogP contribution in [0.4, 0.5) is 0 Å². The van der Waals surface area contributed by atoms with Crippen molar-refractivity contribution in [3.05, 3.63) is 59.4 Å². The molecule has 3 N–H and O–H groups in total. The lowest BCUT2D eigenvalue weighted by atomic mass is 10.1.